The lowest BCUT2D eigenvalue weighted by Crippen LogP contribution is -2.71. The highest BCUT2D eigenvalue weighted by Gasteiger charge is 2.85. The normalized spacial score (nSPS) is 45.0. The van der Waals surface area contributed by atoms with E-state index in [1.54, 1.807) is 33.8 Å². The Kier molecular flexibility index (Phi) is 6.46. The number of esters is 3. The van der Waals surface area contributed by atoms with Crippen LogP contribution in [0.5, 0.6) is 0 Å². The van der Waals surface area contributed by atoms with Crippen LogP contribution in [0, 0.1) is 34.0 Å². The molecule has 11 nitrogen and oxygen atoms in total. The maximum absolute atomic E-state index is 14.7. The molecule has 5 fully saturated rings. The van der Waals surface area contributed by atoms with Gasteiger partial charge < -0.3 is 33.2 Å². The van der Waals surface area contributed by atoms with E-state index in [2.05, 4.69) is 6.58 Å². The van der Waals surface area contributed by atoms with Gasteiger partial charge in [0.1, 0.15) is 17.8 Å². The maximum Gasteiger partial charge on any atom is 0.335 e. The van der Waals surface area contributed by atoms with Gasteiger partial charge in [0, 0.05) is 28.2 Å². The molecule has 2 bridgehead atoms. The molecule has 6 rings (SSSR count). The number of methoxy groups -OCH3 is 1. The van der Waals surface area contributed by atoms with Crippen molar-refractivity contribution in [2.45, 2.75) is 96.6 Å². The van der Waals surface area contributed by atoms with Crippen LogP contribution in [0.4, 0.5) is 0 Å². The van der Waals surface area contributed by atoms with Gasteiger partial charge in [-0.15, -0.1) is 0 Å². The fourth-order valence-electron chi connectivity index (χ4n) is 9.14. The number of Topliss-reactive ketones (excluding diaryl/α,β-unsaturated/α-hetero) is 1. The Labute approximate surface area is 250 Å². The minimum atomic E-state index is -2.15. The van der Waals surface area contributed by atoms with E-state index in [-0.39, 0.29) is 12.8 Å². The molecule has 234 valence electrons. The van der Waals surface area contributed by atoms with Crippen LogP contribution in [0.2, 0.25) is 0 Å². The van der Waals surface area contributed by atoms with Crippen molar-refractivity contribution < 1.29 is 52.4 Å². The third-order valence-corrected chi connectivity index (χ3v) is 11.6. The van der Waals surface area contributed by atoms with E-state index in [1.807, 2.05) is 13.8 Å². The Hall–Kier alpha value is -3.02. The lowest BCUT2D eigenvalue weighted by atomic mass is 9.49. The number of cyclic esters (lactones) is 1. The van der Waals surface area contributed by atoms with E-state index in [0.29, 0.717) is 17.6 Å². The largest absolute Gasteiger partial charge is 0.472 e. The molecule has 1 aromatic heterocycles. The van der Waals surface area contributed by atoms with E-state index in [4.69, 9.17) is 28.1 Å². The summed E-state index contributed by atoms with van der Waals surface area (Å²) in [4.78, 5) is 54.4. The number of hydrogen-bond donors (Lipinski definition) is 1. The van der Waals surface area contributed by atoms with Crippen LogP contribution in [0.3, 0.4) is 0 Å². The van der Waals surface area contributed by atoms with Crippen molar-refractivity contribution in [3.05, 3.63) is 36.3 Å². The van der Waals surface area contributed by atoms with Gasteiger partial charge in [-0.1, -0.05) is 48.1 Å². The summed E-state index contributed by atoms with van der Waals surface area (Å²) in [6, 6.07) is 1.69. The van der Waals surface area contributed by atoms with Crippen molar-refractivity contribution in [3.8, 4) is 0 Å². The lowest BCUT2D eigenvalue weighted by Gasteiger charge is -2.59. The molecule has 3 aliphatic heterocycles. The SMILES string of the molecule is C=C1[C@@H]2C[C@@]3(C)[C@H](c4ccoc4)OC(=O)C[C@]13O[C@H]1C(=O)[C@H](OC(=O)[C@H](C)CC)C(C)(C)[C@@H]3[C@H](C(=O)OC)O[C@]2(O)[C@@]13C. The first-order valence-electron chi connectivity index (χ1n) is 14.9. The van der Waals surface area contributed by atoms with E-state index in [0.717, 1.165) is 0 Å². The van der Waals surface area contributed by atoms with Gasteiger partial charge >= 0.3 is 17.9 Å². The average molecular weight is 601 g/mol. The molecule has 5 aliphatic rings. The van der Waals surface area contributed by atoms with Crippen LogP contribution in [0.25, 0.3) is 0 Å². The van der Waals surface area contributed by atoms with E-state index >= 15 is 0 Å². The number of ketones is 1. The third kappa shape index (κ3) is 3.47. The summed E-state index contributed by atoms with van der Waals surface area (Å²) in [5, 5.41) is 12.8. The average Bonchev–Trinajstić information content (AvgIpc) is 3.62. The van der Waals surface area contributed by atoms with E-state index in [1.165, 1.54) is 19.6 Å². The fraction of sp³-hybridized carbons (Fsp3) is 0.688. The minimum absolute atomic E-state index is 0.204. The van der Waals surface area contributed by atoms with Gasteiger partial charge in [0.05, 0.1) is 37.4 Å². The number of carbonyl (C=O) groups is 4. The van der Waals surface area contributed by atoms with Gasteiger partial charge in [0.15, 0.2) is 18.0 Å². The molecule has 3 saturated heterocycles. The topological polar surface area (TPSA) is 148 Å². The highest BCUT2D eigenvalue weighted by atomic mass is 16.7. The molecule has 0 aromatic carbocycles. The van der Waals surface area contributed by atoms with E-state index in [9.17, 15) is 24.3 Å². The third-order valence-electron chi connectivity index (χ3n) is 11.6. The number of fused-ring (bicyclic) bond motifs is 2. The molecule has 1 aromatic rings. The molecule has 1 N–H and O–H groups in total. The molecule has 43 heavy (non-hydrogen) atoms. The monoisotopic (exact) mass is 600 g/mol. The van der Waals surface area contributed by atoms with Crippen molar-refractivity contribution in [3.63, 3.8) is 0 Å². The summed E-state index contributed by atoms with van der Waals surface area (Å²) < 4.78 is 35.7. The predicted molar refractivity (Wildman–Crippen MR) is 147 cm³/mol. The minimum Gasteiger partial charge on any atom is -0.472 e. The molecule has 0 radical (unpaired) electrons. The molecule has 4 heterocycles. The van der Waals surface area contributed by atoms with Crippen molar-refractivity contribution in [2.75, 3.05) is 7.11 Å². The number of aliphatic hydroxyl groups is 1. The second-order valence-corrected chi connectivity index (χ2v) is 14.0. The summed E-state index contributed by atoms with van der Waals surface area (Å²) in [6.07, 6.45) is -1.58. The number of rotatable bonds is 5. The van der Waals surface area contributed by atoms with Gasteiger partial charge in [-0.3, -0.25) is 14.4 Å². The highest BCUT2D eigenvalue weighted by molar-refractivity contribution is 5.93. The van der Waals surface area contributed by atoms with E-state index < -0.39 is 93.5 Å². The number of furan rings is 1. The maximum atomic E-state index is 14.7. The smallest absolute Gasteiger partial charge is 0.335 e. The van der Waals surface area contributed by atoms with Gasteiger partial charge in [-0.05, 0) is 24.5 Å². The van der Waals surface area contributed by atoms with Gasteiger partial charge in [0.2, 0.25) is 5.78 Å². The summed E-state index contributed by atoms with van der Waals surface area (Å²) in [7, 11) is 1.22. The predicted octanol–water partition coefficient (Wildman–Crippen LogP) is 3.44. The summed E-state index contributed by atoms with van der Waals surface area (Å²) >= 11 is 0. The van der Waals surface area contributed by atoms with Gasteiger partial charge in [0.25, 0.3) is 0 Å². The van der Waals surface area contributed by atoms with Crippen LogP contribution >= 0.6 is 0 Å². The Balaban J connectivity index is 1.57. The second-order valence-electron chi connectivity index (χ2n) is 14.0. The zero-order chi connectivity index (χ0) is 31.5. The summed E-state index contributed by atoms with van der Waals surface area (Å²) in [6.45, 7) is 14.9. The van der Waals surface area contributed by atoms with Crippen LogP contribution < -0.4 is 0 Å². The first-order chi connectivity index (χ1) is 20.0. The van der Waals surface area contributed by atoms with Crippen molar-refractivity contribution in [1.29, 1.82) is 0 Å². The van der Waals surface area contributed by atoms with Crippen molar-refractivity contribution in [1.82, 2.24) is 0 Å². The quantitative estimate of drug-likeness (QED) is 0.301. The summed E-state index contributed by atoms with van der Waals surface area (Å²) in [5.41, 5.74) is -4.25. The van der Waals surface area contributed by atoms with Crippen molar-refractivity contribution >= 4 is 23.7 Å². The second kappa shape index (κ2) is 9.25. The lowest BCUT2D eigenvalue weighted by molar-refractivity contribution is -0.307. The molecular formula is C32H40O11. The number of carbonyl (C=O) groups excluding carboxylic acids is 4. The first-order valence-corrected chi connectivity index (χ1v) is 14.9. The van der Waals surface area contributed by atoms with Crippen LogP contribution in [-0.2, 0) is 42.9 Å². The zero-order valence-electron chi connectivity index (χ0n) is 25.6. The van der Waals surface area contributed by atoms with Crippen LogP contribution in [0.1, 0.15) is 72.5 Å². The van der Waals surface area contributed by atoms with Crippen LogP contribution in [0.15, 0.2) is 35.2 Å². The molecule has 0 unspecified atom stereocenters. The Morgan fingerprint density at radius 3 is 2.47 bits per heavy atom. The Morgan fingerprint density at radius 1 is 1.16 bits per heavy atom. The van der Waals surface area contributed by atoms with Gasteiger partial charge in [-0.2, -0.15) is 0 Å². The number of hydrogen-bond acceptors (Lipinski definition) is 11. The van der Waals surface area contributed by atoms with Gasteiger partial charge in [-0.25, -0.2) is 4.79 Å². The molecule has 11 atom stereocenters. The fourth-order valence-corrected chi connectivity index (χ4v) is 9.14. The number of ether oxygens (including phenoxy) is 5. The first kappa shape index (κ1) is 30.0. The summed E-state index contributed by atoms with van der Waals surface area (Å²) in [5.74, 6) is -6.84. The zero-order valence-corrected chi connectivity index (χ0v) is 25.6. The van der Waals surface area contributed by atoms with Crippen molar-refractivity contribution in [2.24, 2.45) is 34.0 Å². The van der Waals surface area contributed by atoms with Crippen LogP contribution in [-0.4, -0.2) is 65.6 Å². The Morgan fingerprint density at radius 2 is 1.86 bits per heavy atom. The molecule has 2 aliphatic carbocycles. The molecule has 0 amide bonds. The molecule has 11 heteroatoms. The Bertz CT molecular complexity index is 1400. The molecular weight excluding hydrogens is 560 g/mol. The standard InChI is InChI=1S/C32H40O11/c1-9-15(2)26(35)41-24-20(34)25-30(7)22(28(24,4)5)21(27(36)38-8)42-32(30,37)18-12-29(6)23(17-10-11-39-14-17)40-19(33)13-31(29,43-25)16(18)3/h10-11,14-15,18,21-25,37H,3,9,12-13H2,1-2,4-8H3/t15-,18+,21-,22+,23+,24+,25+,29+,30-,31+,32+/m1/s1. The molecule has 1 spiro atoms. The molecule has 2 saturated carbocycles. The highest BCUT2D eigenvalue weighted by Crippen LogP contribution is 2.75.